The third-order valence-corrected chi connectivity index (χ3v) is 4.92. The minimum Gasteiger partial charge on any atom is -0.473 e. The maximum absolute atomic E-state index is 13.9. The fourth-order valence-corrected chi connectivity index (χ4v) is 3.36. The lowest BCUT2D eigenvalue weighted by Crippen LogP contribution is -2.25. The third-order valence-electron chi connectivity index (χ3n) is 4.92. The van der Waals surface area contributed by atoms with Gasteiger partial charge in [-0.3, -0.25) is 4.79 Å². The molecule has 1 N–H and O–H groups in total. The largest absolute Gasteiger partial charge is 0.473 e. The van der Waals surface area contributed by atoms with Crippen molar-refractivity contribution < 1.29 is 18.3 Å². The number of halogens is 2. The topological polar surface area (TPSA) is 79.4 Å². The van der Waals surface area contributed by atoms with Gasteiger partial charge in [0, 0.05) is 19.0 Å². The van der Waals surface area contributed by atoms with Gasteiger partial charge < -0.3 is 10.1 Å². The van der Waals surface area contributed by atoms with E-state index in [1.807, 2.05) is 13.0 Å². The predicted molar refractivity (Wildman–Crippen MR) is 112 cm³/mol. The minimum absolute atomic E-state index is 0.171. The molecule has 162 valence electrons. The lowest BCUT2D eigenvalue weighted by Gasteiger charge is -2.11. The van der Waals surface area contributed by atoms with E-state index >= 15 is 0 Å². The van der Waals surface area contributed by atoms with Gasteiger partial charge in [0.05, 0.1) is 28.4 Å². The zero-order valence-corrected chi connectivity index (χ0v) is 17.5. The molecule has 3 aromatic rings. The Hall–Kier alpha value is -3.47. The van der Waals surface area contributed by atoms with E-state index in [0.717, 1.165) is 24.8 Å². The highest BCUT2D eigenvalue weighted by Crippen LogP contribution is 2.24. The van der Waals surface area contributed by atoms with Crippen molar-refractivity contribution in [1.29, 1.82) is 5.26 Å². The number of nitriles is 1. The Kier molecular flexibility index (Phi) is 7.19. The molecule has 2 aromatic heterocycles. The van der Waals surface area contributed by atoms with Crippen LogP contribution < -0.4 is 10.1 Å². The number of hydrogen-bond acceptors (Lipinski definition) is 4. The monoisotopic (exact) mass is 426 g/mol. The Morgan fingerprint density at radius 2 is 1.94 bits per heavy atom. The van der Waals surface area contributed by atoms with Crippen molar-refractivity contribution in [2.24, 2.45) is 0 Å². The van der Waals surface area contributed by atoms with Crippen LogP contribution in [0.25, 0.3) is 5.52 Å². The summed E-state index contributed by atoms with van der Waals surface area (Å²) in [5.74, 6) is -1.33. The van der Waals surface area contributed by atoms with Gasteiger partial charge in [0.25, 0.3) is 5.91 Å². The van der Waals surface area contributed by atoms with Gasteiger partial charge in [-0.15, -0.1) is 0 Å². The average molecular weight is 426 g/mol. The van der Waals surface area contributed by atoms with Crippen LogP contribution in [-0.4, -0.2) is 22.1 Å². The van der Waals surface area contributed by atoms with Crippen LogP contribution in [0.2, 0.25) is 0 Å². The van der Waals surface area contributed by atoms with E-state index in [0.29, 0.717) is 29.7 Å². The van der Waals surface area contributed by atoms with Crippen molar-refractivity contribution >= 4 is 11.4 Å². The SMILES string of the molecule is Cc1cc(OCc2c(F)cccc2F)n2nc(C)c(C(=O)NCCCCCC#N)c2c1. The zero-order chi connectivity index (χ0) is 22.4. The van der Waals surface area contributed by atoms with Crippen LogP contribution >= 0.6 is 0 Å². The fraction of sp³-hybridized carbons (Fsp3) is 0.348. The summed E-state index contributed by atoms with van der Waals surface area (Å²) in [6, 6.07) is 9.27. The van der Waals surface area contributed by atoms with Crippen molar-refractivity contribution in [3.8, 4) is 11.9 Å². The Balaban J connectivity index is 1.79. The van der Waals surface area contributed by atoms with Gasteiger partial charge in [0.2, 0.25) is 5.88 Å². The van der Waals surface area contributed by atoms with Crippen molar-refractivity contribution in [3.05, 3.63) is 64.4 Å². The van der Waals surface area contributed by atoms with Crippen LogP contribution in [0, 0.1) is 36.8 Å². The number of nitrogens with zero attached hydrogens (tertiary/aromatic N) is 3. The third kappa shape index (κ3) is 5.18. The lowest BCUT2D eigenvalue weighted by atomic mass is 10.1. The highest BCUT2D eigenvalue weighted by Gasteiger charge is 2.20. The molecule has 0 aliphatic carbocycles. The van der Waals surface area contributed by atoms with E-state index in [9.17, 15) is 13.6 Å². The maximum atomic E-state index is 13.9. The molecule has 0 fully saturated rings. The molecule has 0 atom stereocenters. The first-order valence-corrected chi connectivity index (χ1v) is 10.1. The molecule has 0 aliphatic rings. The number of hydrogen-bond donors (Lipinski definition) is 1. The van der Waals surface area contributed by atoms with Crippen molar-refractivity contribution in [2.45, 2.75) is 46.1 Å². The Morgan fingerprint density at radius 1 is 1.19 bits per heavy atom. The number of carbonyl (C=O) groups excluding carboxylic acids is 1. The second kappa shape index (κ2) is 10.0. The highest BCUT2D eigenvalue weighted by atomic mass is 19.1. The molecule has 0 saturated heterocycles. The van der Waals surface area contributed by atoms with Crippen LogP contribution in [0.15, 0.2) is 30.3 Å². The van der Waals surface area contributed by atoms with Crippen LogP contribution in [0.1, 0.15) is 52.9 Å². The number of benzene rings is 1. The smallest absolute Gasteiger partial charge is 0.255 e. The van der Waals surface area contributed by atoms with Crippen LogP contribution in [0.3, 0.4) is 0 Å². The van der Waals surface area contributed by atoms with Gasteiger partial charge in [-0.1, -0.05) is 12.5 Å². The molecule has 0 aliphatic heterocycles. The summed E-state index contributed by atoms with van der Waals surface area (Å²) in [6.07, 6.45) is 2.98. The molecule has 0 radical (unpaired) electrons. The molecule has 0 bridgehead atoms. The van der Waals surface area contributed by atoms with E-state index < -0.39 is 11.6 Å². The number of pyridine rings is 1. The van der Waals surface area contributed by atoms with E-state index in [1.54, 1.807) is 13.0 Å². The van der Waals surface area contributed by atoms with Crippen molar-refractivity contribution in [3.63, 3.8) is 0 Å². The molecule has 31 heavy (non-hydrogen) atoms. The first-order chi connectivity index (χ1) is 14.9. The first-order valence-electron chi connectivity index (χ1n) is 10.1. The quantitative estimate of drug-likeness (QED) is 0.506. The Bertz CT molecular complexity index is 1110. The zero-order valence-electron chi connectivity index (χ0n) is 17.5. The second-order valence-electron chi connectivity index (χ2n) is 7.34. The Morgan fingerprint density at radius 3 is 2.65 bits per heavy atom. The number of unbranched alkanes of at least 4 members (excludes halogenated alkanes) is 3. The number of nitrogens with one attached hydrogen (secondary N) is 1. The number of ether oxygens (including phenoxy) is 1. The van der Waals surface area contributed by atoms with E-state index in [1.165, 1.54) is 22.7 Å². The van der Waals surface area contributed by atoms with Crippen LogP contribution in [0.4, 0.5) is 8.78 Å². The molecule has 0 spiro atoms. The minimum atomic E-state index is -0.685. The number of rotatable bonds is 9. The van der Waals surface area contributed by atoms with Crippen LogP contribution in [-0.2, 0) is 6.61 Å². The fourth-order valence-electron chi connectivity index (χ4n) is 3.36. The van der Waals surface area contributed by atoms with Gasteiger partial charge in [-0.2, -0.15) is 14.9 Å². The van der Waals surface area contributed by atoms with E-state index in [-0.39, 0.29) is 24.0 Å². The lowest BCUT2D eigenvalue weighted by molar-refractivity contribution is 0.0954. The standard InChI is InChI=1S/C23H24F2N4O2/c1-15-12-20-22(23(30)27-11-6-4-3-5-10-26)16(2)28-29(20)21(13-15)31-14-17-18(24)8-7-9-19(17)25/h7-9,12-13H,3-6,11,14H2,1-2H3,(H,27,30). The molecule has 0 saturated carbocycles. The summed E-state index contributed by atoms with van der Waals surface area (Å²) in [4.78, 5) is 12.8. The van der Waals surface area contributed by atoms with Gasteiger partial charge in [0.1, 0.15) is 18.2 Å². The summed E-state index contributed by atoms with van der Waals surface area (Å²) in [6.45, 7) is 3.77. The molecule has 1 amide bonds. The number of aromatic nitrogens is 2. The highest BCUT2D eigenvalue weighted by molar-refractivity contribution is 6.02. The molecular weight excluding hydrogens is 402 g/mol. The summed E-state index contributed by atoms with van der Waals surface area (Å²) >= 11 is 0. The second-order valence-corrected chi connectivity index (χ2v) is 7.34. The normalized spacial score (nSPS) is 10.8. The maximum Gasteiger partial charge on any atom is 0.255 e. The molecule has 3 rings (SSSR count). The number of fused-ring (bicyclic) bond motifs is 1. The first kappa shape index (κ1) is 22.2. The van der Waals surface area contributed by atoms with Crippen molar-refractivity contribution in [2.75, 3.05) is 6.54 Å². The molecule has 8 heteroatoms. The molecule has 1 aromatic carbocycles. The summed E-state index contributed by atoms with van der Waals surface area (Å²) < 4.78 is 35.0. The van der Waals surface area contributed by atoms with Crippen LogP contribution in [0.5, 0.6) is 5.88 Å². The van der Waals surface area contributed by atoms with Gasteiger partial charge >= 0.3 is 0 Å². The molecule has 0 unspecified atom stereocenters. The molecule has 2 heterocycles. The predicted octanol–water partition coefficient (Wildman–Crippen LogP) is 4.62. The summed E-state index contributed by atoms with van der Waals surface area (Å²) in [5, 5.41) is 15.9. The van der Waals surface area contributed by atoms with Crippen molar-refractivity contribution in [1.82, 2.24) is 14.9 Å². The number of aryl methyl sites for hydroxylation is 2. The molecule has 6 nitrogen and oxygen atoms in total. The van der Waals surface area contributed by atoms with Gasteiger partial charge in [-0.25, -0.2) is 8.78 Å². The van der Waals surface area contributed by atoms with Gasteiger partial charge in [0.15, 0.2) is 0 Å². The van der Waals surface area contributed by atoms with E-state index in [4.69, 9.17) is 10.00 Å². The average Bonchev–Trinajstić information content (AvgIpc) is 3.05. The number of carbonyl (C=O) groups is 1. The van der Waals surface area contributed by atoms with Gasteiger partial charge in [-0.05, 0) is 50.5 Å². The molecular formula is C23H24F2N4O2. The summed E-state index contributed by atoms with van der Waals surface area (Å²) in [7, 11) is 0. The number of amides is 1. The summed E-state index contributed by atoms with van der Waals surface area (Å²) in [5.41, 5.74) is 2.16. The van der Waals surface area contributed by atoms with E-state index in [2.05, 4.69) is 16.5 Å². The Labute approximate surface area is 179 Å².